The minimum absolute atomic E-state index is 0.471. The Balaban J connectivity index is 2.05. The van der Waals surface area contributed by atoms with Crippen molar-refractivity contribution in [1.82, 2.24) is 10.2 Å². The van der Waals surface area contributed by atoms with Crippen molar-refractivity contribution in [2.75, 3.05) is 19.6 Å². The molecule has 1 saturated carbocycles. The second kappa shape index (κ2) is 7.80. The van der Waals surface area contributed by atoms with E-state index >= 15 is 0 Å². The smallest absolute Gasteiger partial charge is 0.0451 e. The lowest BCUT2D eigenvalue weighted by atomic mass is 10.0. The normalized spacial score (nSPS) is 16.6. The Kier molecular flexibility index (Phi) is 6.06. The Bertz CT molecular complexity index is 398. The number of unbranched alkanes of at least 4 members (excludes halogenated alkanes) is 1. The molecule has 2 nitrogen and oxygen atoms in total. The summed E-state index contributed by atoms with van der Waals surface area (Å²) < 4.78 is 0. The molecule has 0 aliphatic heterocycles. The zero-order valence-electron chi connectivity index (χ0n) is 13.4. The summed E-state index contributed by atoms with van der Waals surface area (Å²) in [6.45, 7) is 10.2. The van der Waals surface area contributed by atoms with Crippen LogP contribution in [0.2, 0.25) is 0 Å². The van der Waals surface area contributed by atoms with Gasteiger partial charge in [0.15, 0.2) is 0 Å². The van der Waals surface area contributed by atoms with Gasteiger partial charge in [-0.25, -0.2) is 0 Å². The minimum atomic E-state index is 0.471. The van der Waals surface area contributed by atoms with Gasteiger partial charge in [0.1, 0.15) is 0 Å². The van der Waals surface area contributed by atoms with Crippen LogP contribution in [0.25, 0.3) is 0 Å². The number of benzene rings is 1. The van der Waals surface area contributed by atoms with Gasteiger partial charge in [-0.3, -0.25) is 4.90 Å². The van der Waals surface area contributed by atoms with Crippen LogP contribution in [-0.2, 0) is 0 Å². The van der Waals surface area contributed by atoms with E-state index in [1.807, 2.05) is 0 Å². The highest BCUT2D eigenvalue weighted by Gasteiger charge is 2.30. The van der Waals surface area contributed by atoms with Crippen LogP contribution in [0.5, 0.6) is 0 Å². The van der Waals surface area contributed by atoms with Crippen molar-refractivity contribution in [3.05, 3.63) is 35.4 Å². The van der Waals surface area contributed by atoms with Gasteiger partial charge in [-0.1, -0.05) is 44.5 Å². The molecule has 0 amide bonds. The van der Waals surface area contributed by atoms with Crippen LogP contribution in [0.1, 0.15) is 56.7 Å². The Morgan fingerprint density at radius 2 is 2.00 bits per heavy atom. The van der Waals surface area contributed by atoms with E-state index in [2.05, 4.69) is 55.3 Å². The molecule has 1 aromatic carbocycles. The van der Waals surface area contributed by atoms with Gasteiger partial charge >= 0.3 is 0 Å². The Labute approximate surface area is 124 Å². The molecule has 2 rings (SSSR count). The molecule has 0 radical (unpaired) electrons. The fourth-order valence-corrected chi connectivity index (χ4v) is 2.96. The van der Waals surface area contributed by atoms with Crippen LogP contribution >= 0.6 is 0 Å². The topological polar surface area (TPSA) is 15.3 Å². The maximum Gasteiger partial charge on any atom is 0.0451 e. The summed E-state index contributed by atoms with van der Waals surface area (Å²) in [5.74, 6) is 0. The molecule has 0 spiro atoms. The van der Waals surface area contributed by atoms with E-state index in [0.717, 1.165) is 19.1 Å². The first-order chi connectivity index (χ1) is 9.76. The van der Waals surface area contributed by atoms with Crippen molar-refractivity contribution in [2.45, 2.75) is 58.5 Å². The van der Waals surface area contributed by atoms with Crippen molar-refractivity contribution in [1.29, 1.82) is 0 Å². The average molecular weight is 274 g/mol. The quantitative estimate of drug-likeness (QED) is 0.734. The summed E-state index contributed by atoms with van der Waals surface area (Å²) in [7, 11) is 0. The summed E-state index contributed by atoms with van der Waals surface area (Å²) in [6, 6.07) is 10.1. The fourth-order valence-electron chi connectivity index (χ4n) is 2.96. The fraction of sp³-hybridized carbons (Fsp3) is 0.667. The molecule has 0 bridgehead atoms. The summed E-state index contributed by atoms with van der Waals surface area (Å²) in [4.78, 5) is 2.71. The number of aryl methyl sites for hydroxylation is 1. The van der Waals surface area contributed by atoms with Crippen LogP contribution in [-0.4, -0.2) is 30.6 Å². The van der Waals surface area contributed by atoms with Crippen molar-refractivity contribution in [2.24, 2.45) is 0 Å². The van der Waals surface area contributed by atoms with Gasteiger partial charge in [0.25, 0.3) is 0 Å². The molecule has 112 valence electrons. The molecule has 20 heavy (non-hydrogen) atoms. The third-order valence-electron chi connectivity index (χ3n) is 4.29. The SMILES string of the molecule is CCCCN(CC(NCC)c1ccccc1C)C1CC1. The van der Waals surface area contributed by atoms with Gasteiger partial charge in [-0.05, 0) is 50.4 Å². The molecule has 1 aliphatic rings. The van der Waals surface area contributed by atoms with Gasteiger partial charge in [0.05, 0.1) is 0 Å². The van der Waals surface area contributed by atoms with E-state index in [-0.39, 0.29) is 0 Å². The molecule has 2 heteroatoms. The number of likely N-dealkylation sites (N-methyl/N-ethyl adjacent to an activating group) is 1. The van der Waals surface area contributed by atoms with Crippen LogP contribution in [0.3, 0.4) is 0 Å². The zero-order chi connectivity index (χ0) is 14.4. The first-order valence-corrected chi connectivity index (χ1v) is 8.29. The highest BCUT2D eigenvalue weighted by Crippen LogP contribution is 2.29. The Hall–Kier alpha value is -0.860. The lowest BCUT2D eigenvalue weighted by Gasteiger charge is -2.29. The van der Waals surface area contributed by atoms with Crippen LogP contribution < -0.4 is 5.32 Å². The maximum absolute atomic E-state index is 3.69. The molecule has 1 aliphatic carbocycles. The van der Waals surface area contributed by atoms with Crippen molar-refractivity contribution in [3.8, 4) is 0 Å². The second-order valence-electron chi connectivity index (χ2n) is 6.05. The van der Waals surface area contributed by atoms with Gasteiger partial charge in [-0.15, -0.1) is 0 Å². The molecular weight excluding hydrogens is 244 g/mol. The molecule has 1 N–H and O–H groups in total. The molecular formula is C18H30N2. The first kappa shape index (κ1) is 15.5. The Morgan fingerprint density at radius 3 is 2.60 bits per heavy atom. The monoisotopic (exact) mass is 274 g/mol. The van der Waals surface area contributed by atoms with E-state index in [4.69, 9.17) is 0 Å². The third-order valence-corrected chi connectivity index (χ3v) is 4.29. The first-order valence-electron chi connectivity index (χ1n) is 8.29. The van der Waals surface area contributed by atoms with Crippen LogP contribution in [0, 0.1) is 6.92 Å². The van der Waals surface area contributed by atoms with E-state index in [1.165, 1.54) is 43.4 Å². The van der Waals surface area contributed by atoms with Crippen LogP contribution in [0.15, 0.2) is 24.3 Å². The van der Waals surface area contributed by atoms with Crippen molar-refractivity contribution >= 4 is 0 Å². The van der Waals surface area contributed by atoms with E-state index in [0.29, 0.717) is 6.04 Å². The molecule has 1 unspecified atom stereocenters. The Morgan fingerprint density at radius 1 is 1.25 bits per heavy atom. The van der Waals surface area contributed by atoms with Crippen molar-refractivity contribution < 1.29 is 0 Å². The van der Waals surface area contributed by atoms with Crippen molar-refractivity contribution in [3.63, 3.8) is 0 Å². The number of hydrogen-bond acceptors (Lipinski definition) is 2. The number of nitrogens with one attached hydrogen (secondary N) is 1. The van der Waals surface area contributed by atoms with Gasteiger partial charge in [-0.2, -0.15) is 0 Å². The highest BCUT2D eigenvalue weighted by molar-refractivity contribution is 5.29. The zero-order valence-corrected chi connectivity index (χ0v) is 13.4. The lowest BCUT2D eigenvalue weighted by molar-refractivity contribution is 0.230. The molecule has 0 saturated heterocycles. The molecule has 1 fully saturated rings. The van der Waals surface area contributed by atoms with Crippen LogP contribution in [0.4, 0.5) is 0 Å². The van der Waals surface area contributed by atoms with Gasteiger partial charge < -0.3 is 5.32 Å². The van der Waals surface area contributed by atoms with E-state index in [1.54, 1.807) is 0 Å². The third kappa shape index (κ3) is 4.32. The maximum atomic E-state index is 3.69. The van der Waals surface area contributed by atoms with Gasteiger partial charge in [0, 0.05) is 18.6 Å². The number of nitrogens with zero attached hydrogens (tertiary/aromatic N) is 1. The van der Waals surface area contributed by atoms with Gasteiger partial charge in [0.2, 0.25) is 0 Å². The summed E-state index contributed by atoms with van der Waals surface area (Å²) >= 11 is 0. The number of rotatable bonds is 9. The lowest BCUT2D eigenvalue weighted by Crippen LogP contribution is -2.37. The predicted molar refractivity (Wildman–Crippen MR) is 87.1 cm³/mol. The molecule has 1 aromatic rings. The summed E-state index contributed by atoms with van der Waals surface area (Å²) in [5, 5.41) is 3.69. The summed E-state index contributed by atoms with van der Waals surface area (Å²) in [5.41, 5.74) is 2.88. The van der Waals surface area contributed by atoms with E-state index < -0.39 is 0 Å². The predicted octanol–water partition coefficient (Wildman–Crippen LogP) is 3.91. The highest BCUT2D eigenvalue weighted by atomic mass is 15.2. The minimum Gasteiger partial charge on any atom is -0.309 e. The summed E-state index contributed by atoms with van der Waals surface area (Å²) in [6.07, 6.45) is 5.41. The molecule has 1 atom stereocenters. The molecule has 0 aromatic heterocycles. The van der Waals surface area contributed by atoms with E-state index in [9.17, 15) is 0 Å². The largest absolute Gasteiger partial charge is 0.309 e. The standard InChI is InChI=1S/C18H30N2/c1-4-6-13-20(16-11-12-16)14-18(19-5-2)17-10-8-7-9-15(17)3/h7-10,16,18-19H,4-6,11-14H2,1-3H3. The average Bonchev–Trinajstić information content (AvgIpc) is 3.27. The molecule has 0 heterocycles. The number of hydrogen-bond donors (Lipinski definition) is 1. The second-order valence-corrected chi connectivity index (χ2v) is 6.05.